The van der Waals surface area contributed by atoms with Crippen molar-refractivity contribution in [1.29, 1.82) is 0 Å². The molecule has 0 radical (unpaired) electrons. The molecule has 0 unspecified atom stereocenters. The maximum Gasteiger partial charge on any atom is 0.275 e. The van der Waals surface area contributed by atoms with Gasteiger partial charge in [0.05, 0.1) is 10.9 Å². The molecular weight excluding hydrogens is 345 g/mol. The first kappa shape index (κ1) is 17.1. The van der Waals surface area contributed by atoms with Gasteiger partial charge in [0, 0.05) is 18.6 Å². The van der Waals surface area contributed by atoms with Crippen molar-refractivity contribution in [2.24, 2.45) is 7.05 Å². The van der Waals surface area contributed by atoms with Gasteiger partial charge in [-0.2, -0.15) is 5.10 Å². The topological polar surface area (TPSA) is 64.0 Å². The molecule has 0 spiro atoms. The molecule has 2 aromatic carbocycles. The van der Waals surface area contributed by atoms with Gasteiger partial charge >= 0.3 is 0 Å². The molecule has 3 rings (SSSR count). The van der Waals surface area contributed by atoms with Crippen molar-refractivity contribution in [1.82, 2.24) is 15.1 Å². The lowest BCUT2D eigenvalue weighted by molar-refractivity contribution is 0.0946. The van der Waals surface area contributed by atoms with Crippen molar-refractivity contribution in [3.8, 4) is 0 Å². The zero-order chi connectivity index (χ0) is 18.0. The molecule has 25 heavy (non-hydrogen) atoms. The highest BCUT2D eigenvalue weighted by Crippen LogP contribution is 2.15. The lowest BCUT2D eigenvalue weighted by Crippen LogP contribution is -2.33. The Bertz CT molecular complexity index is 1000. The molecule has 1 heterocycles. The minimum atomic E-state index is -0.551. The van der Waals surface area contributed by atoms with Gasteiger partial charge in [0.2, 0.25) is 5.43 Å². The van der Waals surface area contributed by atoms with Crippen molar-refractivity contribution in [3.05, 3.63) is 74.8 Å². The summed E-state index contributed by atoms with van der Waals surface area (Å²) < 4.78 is 14.3. The van der Waals surface area contributed by atoms with Gasteiger partial charge < -0.3 is 5.32 Å². The van der Waals surface area contributed by atoms with Crippen LogP contribution < -0.4 is 10.7 Å². The number of fused-ring (bicyclic) bond motifs is 1. The van der Waals surface area contributed by atoms with E-state index >= 15 is 0 Å². The Balaban J connectivity index is 1.79. The van der Waals surface area contributed by atoms with Gasteiger partial charge in [-0.25, -0.2) is 4.39 Å². The van der Waals surface area contributed by atoms with Gasteiger partial charge in [-0.05, 0) is 42.3 Å². The van der Waals surface area contributed by atoms with Crippen LogP contribution in [-0.2, 0) is 13.5 Å². The molecular formula is C18H15ClFN3O2. The summed E-state index contributed by atoms with van der Waals surface area (Å²) in [6, 6.07) is 10.9. The van der Waals surface area contributed by atoms with E-state index in [-0.39, 0.29) is 11.5 Å². The van der Waals surface area contributed by atoms with Crippen molar-refractivity contribution in [3.63, 3.8) is 0 Å². The Labute approximate surface area is 148 Å². The Hall–Kier alpha value is -2.73. The van der Waals surface area contributed by atoms with E-state index in [2.05, 4.69) is 10.4 Å². The Kier molecular flexibility index (Phi) is 4.81. The maximum absolute atomic E-state index is 12.9. The average Bonchev–Trinajstić information content (AvgIpc) is 2.59. The van der Waals surface area contributed by atoms with Crippen LogP contribution in [0.15, 0.2) is 47.3 Å². The standard InChI is InChI=1S/C18H15ClFN3O2/c1-23-15-7-4-12(19)10-14(15)17(24)16(22-23)18(25)21-9-8-11-2-5-13(20)6-3-11/h2-7,10H,8-9H2,1H3,(H,21,25). The molecule has 0 atom stereocenters. The molecule has 1 aromatic heterocycles. The predicted molar refractivity (Wildman–Crippen MR) is 94.4 cm³/mol. The molecule has 1 N–H and O–H groups in total. The minimum Gasteiger partial charge on any atom is -0.350 e. The van der Waals surface area contributed by atoms with Gasteiger partial charge in [0.15, 0.2) is 5.69 Å². The molecule has 128 valence electrons. The number of carbonyl (C=O) groups is 1. The number of hydrogen-bond acceptors (Lipinski definition) is 3. The molecule has 0 saturated carbocycles. The zero-order valence-electron chi connectivity index (χ0n) is 13.4. The summed E-state index contributed by atoms with van der Waals surface area (Å²) in [5, 5.41) is 7.49. The number of carbonyl (C=O) groups excluding carboxylic acids is 1. The minimum absolute atomic E-state index is 0.184. The fraction of sp³-hybridized carbons (Fsp3) is 0.167. The number of amides is 1. The molecule has 1 amide bonds. The number of aryl methyl sites for hydroxylation is 1. The molecule has 0 aliphatic carbocycles. The third kappa shape index (κ3) is 3.69. The van der Waals surface area contributed by atoms with Crippen LogP contribution in [0.1, 0.15) is 16.1 Å². The first-order valence-electron chi connectivity index (χ1n) is 7.65. The molecule has 3 aromatic rings. The summed E-state index contributed by atoms with van der Waals surface area (Å²) in [6.45, 7) is 0.308. The lowest BCUT2D eigenvalue weighted by Gasteiger charge is -2.09. The summed E-state index contributed by atoms with van der Waals surface area (Å²) in [5.41, 5.74) is 0.830. The van der Waals surface area contributed by atoms with Crippen LogP contribution in [0.5, 0.6) is 0 Å². The van der Waals surface area contributed by atoms with Gasteiger partial charge in [-0.1, -0.05) is 23.7 Å². The summed E-state index contributed by atoms with van der Waals surface area (Å²) in [5.74, 6) is -0.861. The van der Waals surface area contributed by atoms with Crippen molar-refractivity contribution in [2.45, 2.75) is 6.42 Å². The second-order valence-corrected chi connectivity index (χ2v) is 6.03. The first-order valence-corrected chi connectivity index (χ1v) is 8.03. The Morgan fingerprint density at radius 1 is 1.24 bits per heavy atom. The highest BCUT2D eigenvalue weighted by Gasteiger charge is 2.16. The zero-order valence-corrected chi connectivity index (χ0v) is 14.2. The normalized spacial score (nSPS) is 10.8. The Morgan fingerprint density at radius 2 is 1.96 bits per heavy atom. The van der Waals surface area contributed by atoms with E-state index in [1.165, 1.54) is 22.9 Å². The van der Waals surface area contributed by atoms with Crippen LogP contribution in [-0.4, -0.2) is 22.2 Å². The van der Waals surface area contributed by atoms with Crippen molar-refractivity contribution >= 4 is 28.4 Å². The van der Waals surface area contributed by atoms with E-state index < -0.39 is 11.3 Å². The highest BCUT2D eigenvalue weighted by atomic mass is 35.5. The Morgan fingerprint density at radius 3 is 2.68 bits per heavy atom. The van der Waals surface area contributed by atoms with Crippen LogP contribution in [0.4, 0.5) is 4.39 Å². The third-order valence-electron chi connectivity index (χ3n) is 3.84. The molecule has 5 nitrogen and oxygen atoms in total. The number of nitrogens with one attached hydrogen (secondary N) is 1. The van der Waals surface area contributed by atoms with Crippen LogP contribution in [0, 0.1) is 5.82 Å². The molecule has 0 aliphatic rings. The largest absolute Gasteiger partial charge is 0.350 e. The highest BCUT2D eigenvalue weighted by molar-refractivity contribution is 6.31. The molecule has 7 heteroatoms. The van der Waals surface area contributed by atoms with Gasteiger partial charge in [-0.3, -0.25) is 14.3 Å². The van der Waals surface area contributed by atoms with Crippen LogP contribution in [0.25, 0.3) is 10.9 Å². The molecule has 0 fully saturated rings. The lowest BCUT2D eigenvalue weighted by atomic mass is 10.1. The summed E-state index contributed by atoms with van der Waals surface area (Å²) in [4.78, 5) is 24.8. The summed E-state index contributed by atoms with van der Waals surface area (Å²) in [7, 11) is 1.66. The quantitative estimate of drug-likeness (QED) is 0.779. The van der Waals surface area contributed by atoms with E-state index in [1.807, 2.05) is 0 Å². The second-order valence-electron chi connectivity index (χ2n) is 5.60. The third-order valence-corrected chi connectivity index (χ3v) is 4.08. The smallest absolute Gasteiger partial charge is 0.275 e. The van der Waals surface area contributed by atoms with Gasteiger partial charge in [-0.15, -0.1) is 0 Å². The second kappa shape index (κ2) is 7.03. The van der Waals surface area contributed by atoms with Crippen molar-refractivity contribution in [2.75, 3.05) is 6.54 Å². The van der Waals surface area contributed by atoms with Crippen LogP contribution in [0.3, 0.4) is 0 Å². The number of hydrogen-bond donors (Lipinski definition) is 1. The van der Waals surface area contributed by atoms with Crippen LogP contribution in [0.2, 0.25) is 5.02 Å². The first-order chi connectivity index (χ1) is 12.0. The van der Waals surface area contributed by atoms with E-state index in [9.17, 15) is 14.0 Å². The monoisotopic (exact) mass is 359 g/mol. The molecule has 0 aliphatic heterocycles. The number of aromatic nitrogens is 2. The fourth-order valence-corrected chi connectivity index (χ4v) is 2.72. The number of halogens is 2. The SMILES string of the molecule is Cn1nc(C(=O)NCCc2ccc(F)cc2)c(=O)c2cc(Cl)ccc21. The fourth-order valence-electron chi connectivity index (χ4n) is 2.55. The number of rotatable bonds is 4. The number of benzene rings is 2. The number of nitrogens with zero attached hydrogens (tertiary/aromatic N) is 2. The van der Waals surface area contributed by atoms with E-state index in [4.69, 9.17) is 11.6 Å². The molecule has 0 saturated heterocycles. The van der Waals surface area contributed by atoms with E-state index in [0.717, 1.165) is 5.56 Å². The summed E-state index contributed by atoms with van der Waals surface area (Å²) in [6.07, 6.45) is 0.520. The maximum atomic E-state index is 12.9. The molecule has 0 bridgehead atoms. The van der Waals surface area contributed by atoms with E-state index in [1.54, 1.807) is 31.3 Å². The van der Waals surface area contributed by atoms with E-state index in [0.29, 0.717) is 28.9 Å². The summed E-state index contributed by atoms with van der Waals surface area (Å²) >= 11 is 5.94. The predicted octanol–water partition coefficient (Wildman–Crippen LogP) is 2.70. The van der Waals surface area contributed by atoms with Crippen molar-refractivity contribution < 1.29 is 9.18 Å². The van der Waals surface area contributed by atoms with Gasteiger partial charge in [0.1, 0.15) is 5.82 Å². The average molecular weight is 360 g/mol. The van der Waals surface area contributed by atoms with Gasteiger partial charge in [0.25, 0.3) is 5.91 Å². The van der Waals surface area contributed by atoms with Crippen LogP contribution >= 0.6 is 11.6 Å².